The second-order valence-electron chi connectivity index (χ2n) is 7.93. The van der Waals surface area contributed by atoms with Gasteiger partial charge in [-0.25, -0.2) is 0 Å². The fraction of sp³-hybridized carbons (Fsp3) is 0.583. The van der Waals surface area contributed by atoms with Crippen LogP contribution in [0.15, 0.2) is 36.4 Å². The minimum absolute atomic E-state index is 0.596. The minimum Gasteiger partial charge on any atom is -0.494 e. The highest BCUT2D eigenvalue weighted by Gasteiger charge is 2.23. The van der Waals surface area contributed by atoms with Gasteiger partial charge < -0.3 is 4.74 Å². The summed E-state index contributed by atoms with van der Waals surface area (Å²) >= 11 is 0. The van der Waals surface area contributed by atoms with Crippen LogP contribution >= 0.6 is 0 Å². The van der Waals surface area contributed by atoms with E-state index in [0.717, 1.165) is 36.0 Å². The van der Waals surface area contributed by atoms with Crippen LogP contribution in [0.3, 0.4) is 0 Å². The second kappa shape index (κ2) is 10.4. The molecule has 0 spiro atoms. The van der Waals surface area contributed by atoms with Crippen LogP contribution in [0, 0.1) is 5.92 Å². The number of nitrogens with zero attached hydrogens (tertiary/aromatic N) is 2. The van der Waals surface area contributed by atoms with Gasteiger partial charge in [0.05, 0.1) is 18.0 Å². The van der Waals surface area contributed by atoms with Crippen molar-refractivity contribution >= 4 is 0 Å². The Morgan fingerprint density at radius 1 is 0.852 bits per heavy atom. The topological polar surface area (TPSA) is 35.0 Å². The molecule has 1 aliphatic carbocycles. The van der Waals surface area contributed by atoms with Gasteiger partial charge in [-0.3, -0.25) is 0 Å². The molecule has 0 amide bonds. The Hall–Kier alpha value is -1.90. The Labute approximate surface area is 164 Å². The van der Waals surface area contributed by atoms with E-state index in [0.29, 0.717) is 5.92 Å². The highest BCUT2D eigenvalue weighted by molar-refractivity contribution is 5.59. The van der Waals surface area contributed by atoms with Gasteiger partial charge in [-0.2, -0.15) is 10.2 Å². The zero-order valence-electron chi connectivity index (χ0n) is 17.0. The van der Waals surface area contributed by atoms with E-state index < -0.39 is 0 Å². The molecule has 1 aromatic heterocycles. The summed E-state index contributed by atoms with van der Waals surface area (Å²) in [6, 6.07) is 12.5. The smallest absolute Gasteiger partial charge is 0.119 e. The fourth-order valence-electron chi connectivity index (χ4n) is 4.09. The summed E-state index contributed by atoms with van der Waals surface area (Å²) in [5, 5.41) is 9.07. The van der Waals surface area contributed by atoms with E-state index in [1.165, 1.54) is 57.1 Å². The molecule has 1 aromatic carbocycles. The number of ether oxygens (including phenoxy) is 1. The molecule has 3 heteroatoms. The van der Waals surface area contributed by atoms with Gasteiger partial charge in [-0.1, -0.05) is 39.5 Å². The highest BCUT2D eigenvalue weighted by Crippen LogP contribution is 2.37. The summed E-state index contributed by atoms with van der Waals surface area (Å²) in [7, 11) is 0. The normalized spacial score (nSPS) is 19.8. The third-order valence-electron chi connectivity index (χ3n) is 5.79. The van der Waals surface area contributed by atoms with E-state index in [1.54, 1.807) is 0 Å². The van der Waals surface area contributed by atoms with Crippen molar-refractivity contribution in [3.8, 4) is 17.0 Å². The van der Waals surface area contributed by atoms with Gasteiger partial charge in [0.15, 0.2) is 0 Å². The summed E-state index contributed by atoms with van der Waals surface area (Å²) in [5.41, 5.74) is 3.21. The maximum absolute atomic E-state index is 5.65. The minimum atomic E-state index is 0.596. The SMILES string of the molecule is CCCCCC1CCC(c2ccc(-c3ccc(OCCC)cc3)nn2)CC1. The van der Waals surface area contributed by atoms with Crippen molar-refractivity contribution in [2.24, 2.45) is 5.92 Å². The molecule has 1 saturated carbocycles. The molecule has 0 radical (unpaired) electrons. The molecule has 1 heterocycles. The molecule has 0 unspecified atom stereocenters. The number of aromatic nitrogens is 2. The van der Waals surface area contributed by atoms with Crippen LogP contribution in [0.25, 0.3) is 11.3 Å². The van der Waals surface area contributed by atoms with E-state index in [4.69, 9.17) is 4.74 Å². The maximum Gasteiger partial charge on any atom is 0.119 e. The zero-order chi connectivity index (χ0) is 18.9. The molecular formula is C24H34N2O. The van der Waals surface area contributed by atoms with Crippen molar-refractivity contribution in [2.75, 3.05) is 6.61 Å². The van der Waals surface area contributed by atoms with Gasteiger partial charge in [0.1, 0.15) is 5.75 Å². The first-order chi connectivity index (χ1) is 13.3. The maximum atomic E-state index is 5.65. The van der Waals surface area contributed by atoms with Crippen molar-refractivity contribution in [1.29, 1.82) is 0 Å². The summed E-state index contributed by atoms with van der Waals surface area (Å²) < 4.78 is 5.65. The summed E-state index contributed by atoms with van der Waals surface area (Å²) in [4.78, 5) is 0. The molecule has 3 nitrogen and oxygen atoms in total. The van der Waals surface area contributed by atoms with E-state index >= 15 is 0 Å². The van der Waals surface area contributed by atoms with Crippen molar-refractivity contribution in [2.45, 2.75) is 77.6 Å². The summed E-state index contributed by atoms with van der Waals surface area (Å²) in [5.74, 6) is 2.45. The molecule has 0 aliphatic heterocycles. The average Bonchev–Trinajstić information content (AvgIpc) is 2.73. The first-order valence-electron chi connectivity index (χ1n) is 10.9. The number of unbranched alkanes of at least 4 members (excludes halogenated alkanes) is 2. The lowest BCUT2D eigenvalue weighted by molar-refractivity contribution is 0.299. The number of rotatable bonds is 9. The molecule has 2 aromatic rings. The summed E-state index contributed by atoms with van der Waals surface area (Å²) in [6.07, 6.45) is 11.8. The van der Waals surface area contributed by atoms with Crippen molar-refractivity contribution in [1.82, 2.24) is 10.2 Å². The lowest BCUT2D eigenvalue weighted by atomic mass is 9.78. The Morgan fingerprint density at radius 2 is 1.63 bits per heavy atom. The van der Waals surface area contributed by atoms with Crippen molar-refractivity contribution in [3.63, 3.8) is 0 Å². The van der Waals surface area contributed by atoms with E-state index in [1.807, 2.05) is 12.1 Å². The standard InChI is InChI=1S/C24H34N2O/c1-3-5-6-7-19-8-10-20(11-9-19)23-16-17-24(26-25-23)21-12-14-22(15-13-21)27-18-4-2/h12-17,19-20H,3-11,18H2,1-2H3. The molecule has 3 rings (SSSR count). The molecule has 1 fully saturated rings. The van der Waals surface area contributed by atoms with Crippen molar-refractivity contribution < 1.29 is 4.74 Å². The van der Waals surface area contributed by atoms with Gasteiger partial charge >= 0.3 is 0 Å². The molecule has 0 saturated heterocycles. The third-order valence-corrected chi connectivity index (χ3v) is 5.79. The van der Waals surface area contributed by atoms with Gasteiger partial charge in [-0.15, -0.1) is 0 Å². The van der Waals surface area contributed by atoms with E-state index in [-0.39, 0.29) is 0 Å². The van der Waals surface area contributed by atoms with Crippen LogP contribution in [0.4, 0.5) is 0 Å². The first-order valence-corrected chi connectivity index (χ1v) is 10.9. The van der Waals surface area contributed by atoms with Crippen LogP contribution in [-0.2, 0) is 0 Å². The van der Waals surface area contributed by atoms with Crippen molar-refractivity contribution in [3.05, 3.63) is 42.1 Å². The van der Waals surface area contributed by atoms with Crippen LogP contribution in [0.2, 0.25) is 0 Å². The zero-order valence-corrected chi connectivity index (χ0v) is 17.0. The molecule has 0 N–H and O–H groups in total. The number of hydrogen-bond acceptors (Lipinski definition) is 3. The first kappa shape index (κ1) is 19.9. The van der Waals surface area contributed by atoms with Crippen LogP contribution in [0.1, 0.15) is 83.2 Å². The second-order valence-corrected chi connectivity index (χ2v) is 7.93. The van der Waals surface area contributed by atoms with Gasteiger partial charge in [0.25, 0.3) is 0 Å². The van der Waals surface area contributed by atoms with Gasteiger partial charge in [-0.05, 0) is 74.4 Å². The number of hydrogen-bond donors (Lipinski definition) is 0. The Kier molecular flexibility index (Phi) is 7.67. The molecule has 1 aliphatic rings. The predicted octanol–water partition coefficient (Wildman–Crippen LogP) is 6.79. The molecule has 27 heavy (non-hydrogen) atoms. The quantitative estimate of drug-likeness (QED) is 0.458. The van der Waals surface area contributed by atoms with E-state index in [9.17, 15) is 0 Å². The molecule has 0 atom stereocenters. The number of benzene rings is 1. The third kappa shape index (κ3) is 5.79. The Balaban J connectivity index is 1.53. The Morgan fingerprint density at radius 3 is 2.26 bits per heavy atom. The monoisotopic (exact) mass is 366 g/mol. The lowest BCUT2D eigenvalue weighted by Crippen LogP contribution is -2.14. The van der Waals surface area contributed by atoms with Crippen LogP contribution in [0.5, 0.6) is 5.75 Å². The fourth-order valence-corrected chi connectivity index (χ4v) is 4.09. The van der Waals surface area contributed by atoms with Gasteiger partial charge in [0.2, 0.25) is 0 Å². The predicted molar refractivity (Wildman–Crippen MR) is 112 cm³/mol. The molecule has 0 bridgehead atoms. The Bertz CT molecular complexity index is 658. The highest BCUT2D eigenvalue weighted by atomic mass is 16.5. The molecular weight excluding hydrogens is 332 g/mol. The largest absolute Gasteiger partial charge is 0.494 e. The summed E-state index contributed by atoms with van der Waals surface area (Å²) in [6.45, 7) is 5.16. The average molecular weight is 367 g/mol. The van der Waals surface area contributed by atoms with E-state index in [2.05, 4.69) is 48.3 Å². The lowest BCUT2D eigenvalue weighted by Gasteiger charge is -2.28. The van der Waals surface area contributed by atoms with Gasteiger partial charge in [0, 0.05) is 11.5 Å². The molecule has 146 valence electrons. The van der Waals surface area contributed by atoms with Crippen LogP contribution in [-0.4, -0.2) is 16.8 Å². The van der Waals surface area contributed by atoms with Crippen LogP contribution < -0.4 is 4.74 Å².